The third-order valence-corrected chi connectivity index (χ3v) is 5.93. The monoisotopic (exact) mass is 456 g/mol. The van der Waals surface area contributed by atoms with Crippen molar-refractivity contribution in [3.63, 3.8) is 0 Å². The predicted molar refractivity (Wildman–Crippen MR) is 130 cm³/mol. The van der Waals surface area contributed by atoms with E-state index in [0.717, 1.165) is 29.5 Å². The van der Waals surface area contributed by atoms with E-state index < -0.39 is 17.7 Å². The number of ether oxygens (including phenoxy) is 1. The Balaban J connectivity index is 1.81. The quantitative estimate of drug-likeness (QED) is 0.291. The maximum Gasteiger partial charge on any atom is 0.295 e. The van der Waals surface area contributed by atoms with E-state index in [4.69, 9.17) is 4.74 Å². The summed E-state index contributed by atoms with van der Waals surface area (Å²) in [7, 11) is 0. The van der Waals surface area contributed by atoms with Crippen LogP contribution in [-0.4, -0.2) is 33.3 Å². The smallest absolute Gasteiger partial charge is 0.295 e. The van der Waals surface area contributed by atoms with E-state index in [1.54, 1.807) is 36.7 Å². The molecule has 1 N–H and O–H groups in total. The number of carbonyl (C=O) groups is 2. The minimum absolute atomic E-state index is 0.0796. The highest BCUT2D eigenvalue weighted by Crippen LogP contribution is 2.40. The van der Waals surface area contributed by atoms with Crippen LogP contribution in [0.4, 0.5) is 0 Å². The van der Waals surface area contributed by atoms with Gasteiger partial charge in [-0.25, -0.2) is 0 Å². The third-order valence-electron chi connectivity index (χ3n) is 5.93. The number of rotatable bonds is 8. The highest BCUT2D eigenvalue weighted by molar-refractivity contribution is 6.46. The summed E-state index contributed by atoms with van der Waals surface area (Å²) in [5.41, 5.74) is 3.28. The molecule has 6 nitrogen and oxygen atoms in total. The molecule has 2 heterocycles. The minimum Gasteiger partial charge on any atom is -0.507 e. The Bertz CT molecular complexity index is 1200. The zero-order chi connectivity index (χ0) is 24.1. The molecule has 4 rings (SSSR count). The van der Waals surface area contributed by atoms with Crippen molar-refractivity contribution in [1.82, 2.24) is 9.88 Å². The van der Waals surface area contributed by atoms with Crippen LogP contribution in [0.25, 0.3) is 5.76 Å². The van der Waals surface area contributed by atoms with Crippen LogP contribution in [0.3, 0.4) is 0 Å². The first-order chi connectivity index (χ1) is 16.5. The van der Waals surface area contributed by atoms with E-state index in [9.17, 15) is 14.7 Å². The number of amides is 1. The molecule has 174 valence electrons. The fourth-order valence-electron chi connectivity index (χ4n) is 4.12. The van der Waals surface area contributed by atoms with Gasteiger partial charge in [-0.3, -0.25) is 14.6 Å². The molecule has 0 aliphatic carbocycles. The van der Waals surface area contributed by atoms with Gasteiger partial charge in [0.15, 0.2) is 0 Å². The molecule has 1 atom stereocenters. The van der Waals surface area contributed by atoms with Crippen LogP contribution in [-0.2, 0) is 22.6 Å². The Hall–Kier alpha value is -3.93. The third kappa shape index (κ3) is 4.71. The fraction of sp³-hybridized carbons (Fsp3) is 0.250. The molecular formula is C28H28N2O4. The molecule has 1 fully saturated rings. The van der Waals surface area contributed by atoms with Crippen LogP contribution >= 0.6 is 0 Å². The van der Waals surface area contributed by atoms with Gasteiger partial charge in [-0.15, -0.1) is 0 Å². The van der Waals surface area contributed by atoms with Crippen molar-refractivity contribution in [2.75, 3.05) is 6.61 Å². The Labute approximate surface area is 199 Å². The summed E-state index contributed by atoms with van der Waals surface area (Å²) >= 11 is 0. The maximum atomic E-state index is 13.2. The molecule has 1 aliphatic rings. The molecule has 0 radical (unpaired) electrons. The summed E-state index contributed by atoms with van der Waals surface area (Å²) < 4.78 is 5.69. The molecule has 0 saturated carbocycles. The second-order valence-corrected chi connectivity index (χ2v) is 8.25. The Morgan fingerprint density at radius 2 is 1.74 bits per heavy atom. The fourth-order valence-corrected chi connectivity index (χ4v) is 4.12. The Kier molecular flexibility index (Phi) is 7.07. The number of Topliss-reactive ketones (excluding diaryl/α,β-unsaturated/α-hetero) is 1. The number of aliphatic hydroxyl groups is 1. The highest BCUT2D eigenvalue weighted by atomic mass is 16.5. The Morgan fingerprint density at radius 3 is 2.41 bits per heavy atom. The largest absolute Gasteiger partial charge is 0.507 e. The summed E-state index contributed by atoms with van der Waals surface area (Å²) in [5.74, 6) is -0.944. The van der Waals surface area contributed by atoms with Crippen LogP contribution in [0.15, 0.2) is 78.6 Å². The van der Waals surface area contributed by atoms with Crippen LogP contribution in [0.1, 0.15) is 48.6 Å². The first-order valence-electron chi connectivity index (χ1n) is 11.5. The summed E-state index contributed by atoms with van der Waals surface area (Å²) in [6.45, 7) is 4.85. The molecule has 0 spiro atoms. The number of aliphatic hydroxyl groups excluding tert-OH is 1. The summed E-state index contributed by atoms with van der Waals surface area (Å²) in [6.07, 6.45) is 5.03. The van der Waals surface area contributed by atoms with Crippen molar-refractivity contribution in [3.8, 4) is 5.75 Å². The van der Waals surface area contributed by atoms with Crippen LogP contribution in [0.2, 0.25) is 0 Å². The molecule has 2 aromatic carbocycles. The standard InChI is InChI=1S/C28H28N2O4/c1-3-16-34-23-7-5-6-22(17-23)26(31)24-25(21-10-8-19(4-2)9-11-21)30(28(33)27(24)32)18-20-12-14-29-15-13-20/h5-15,17,25,31H,3-4,16,18H2,1-2H3/b26-24+. The number of benzene rings is 2. The molecule has 34 heavy (non-hydrogen) atoms. The van der Waals surface area contributed by atoms with E-state index in [-0.39, 0.29) is 17.9 Å². The molecule has 1 unspecified atom stereocenters. The van der Waals surface area contributed by atoms with E-state index in [0.29, 0.717) is 17.9 Å². The summed E-state index contributed by atoms with van der Waals surface area (Å²) in [6, 6.07) is 17.7. The van der Waals surface area contributed by atoms with Gasteiger partial charge in [-0.1, -0.05) is 50.2 Å². The average molecular weight is 457 g/mol. The SMILES string of the molecule is CCCOc1cccc(/C(O)=C2\C(=O)C(=O)N(Cc3ccncc3)C2c2ccc(CC)cc2)c1. The van der Waals surface area contributed by atoms with Gasteiger partial charge in [-0.2, -0.15) is 0 Å². The zero-order valence-corrected chi connectivity index (χ0v) is 19.4. The predicted octanol–water partition coefficient (Wildman–Crippen LogP) is 5.05. The number of ketones is 1. The maximum absolute atomic E-state index is 13.2. The average Bonchev–Trinajstić information content (AvgIpc) is 3.12. The lowest BCUT2D eigenvalue weighted by Crippen LogP contribution is -2.29. The second kappa shape index (κ2) is 10.3. The number of hydrogen-bond donors (Lipinski definition) is 1. The van der Waals surface area contributed by atoms with Gasteiger partial charge in [0, 0.05) is 24.5 Å². The lowest BCUT2D eigenvalue weighted by Gasteiger charge is -2.25. The van der Waals surface area contributed by atoms with Crippen LogP contribution < -0.4 is 4.74 Å². The number of carbonyl (C=O) groups excluding carboxylic acids is 2. The van der Waals surface area contributed by atoms with Crippen molar-refractivity contribution in [1.29, 1.82) is 0 Å². The highest BCUT2D eigenvalue weighted by Gasteiger charge is 2.46. The van der Waals surface area contributed by atoms with Gasteiger partial charge in [0.25, 0.3) is 11.7 Å². The van der Waals surface area contributed by atoms with Crippen molar-refractivity contribution in [2.24, 2.45) is 0 Å². The van der Waals surface area contributed by atoms with Crippen LogP contribution in [0, 0.1) is 0 Å². The number of aryl methyl sites for hydroxylation is 1. The molecule has 3 aromatic rings. The normalized spacial score (nSPS) is 17.2. The van der Waals surface area contributed by atoms with Crippen molar-refractivity contribution in [2.45, 2.75) is 39.3 Å². The van der Waals surface area contributed by atoms with E-state index in [1.807, 2.05) is 43.3 Å². The van der Waals surface area contributed by atoms with Gasteiger partial charge in [0.1, 0.15) is 11.5 Å². The van der Waals surface area contributed by atoms with Gasteiger partial charge in [0.2, 0.25) is 0 Å². The molecule has 1 aliphatic heterocycles. The number of pyridine rings is 1. The lowest BCUT2D eigenvalue weighted by molar-refractivity contribution is -0.140. The zero-order valence-electron chi connectivity index (χ0n) is 19.4. The second-order valence-electron chi connectivity index (χ2n) is 8.25. The summed E-state index contributed by atoms with van der Waals surface area (Å²) in [4.78, 5) is 31.9. The number of nitrogens with zero attached hydrogens (tertiary/aromatic N) is 2. The van der Waals surface area contributed by atoms with Gasteiger partial charge >= 0.3 is 0 Å². The Morgan fingerprint density at radius 1 is 1.00 bits per heavy atom. The molecule has 1 saturated heterocycles. The molecular weight excluding hydrogens is 428 g/mol. The van der Waals surface area contributed by atoms with E-state index >= 15 is 0 Å². The lowest BCUT2D eigenvalue weighted by atomic mass is 9.94. The minimum atomic E-state index is -0.709. The van der Waals surface area contributed by atoms with E-state index in [1.165, 1.54) is 4.90 Å². The summed E-state index contributed by atoms with van der Waals surface area (Å²) in [5, 5.41) is 11.3. The van der Waals surface area contributed by atoms with Crippen molar-refractivity contribution < 1.29 is 19.4 Å². The molecule has 1 aromatic heterocycles. The van der Waals surface area contributed by atoms with Crippen LogP contribution in [0.5, 0.6) is 5.75 Å². The first-order valence-corrected chi connectivity index (χ1v) is 11.5. The van der Waals surface area contributed by atoms with Gasteiger partial charge in [0.05, 0.1) is 18.2 Å². The molecule has 6 heteroatoms. The van der Waals surface area contributed by atoms with Gasteiger partial charge < -0.3 is 14.7 Å². The van der Waals surface area contributed by atoms with E-state index in [2.05, 4.69) is 11.9 Å². The number of hydrogen-bond acceptors (Lipinski definition) is 5. The van der Waals surface area contributed by atoms with Crippen molar-refractivity contribution in [3.05, 3.63) is 101 Å². The number of likely N-dealkylation sites (tertiary alicyclic amines) is 1. The topological polar surface area (TPSA) is 79.7 Å². The number of aromatic nitrogens is 1. The van der Waals surface area contributed by atoms with Gasteiger partial charge in [-0.05, 0) is 53.8 Å². The molecule has 0 bridgehead atoms. The molecule has 1 amide bonds. The van der Waals surface area contributed by atoms with Crippen molar-refractivity contribution >= 4 is 17.4 Å². The first kappa shape index (κ1) is 23.2.